The Morgan fingerprint density at radius 1 is 0.952 bits per heavy atom. The molecule has 0 saturated carbocycles. The maximum atomic E-state index is 11.7. The molecular formula is C18H24O3. The summed E-state index contributed by atoms with van der Waals surface area (Å²) in [6, 6.07) is 7.43. The Hall–Kier alpha value is -1.90. The van der Waals surface area contributed by atoms with Gasteiger partial charge in [0.25, 0.3) is 0 Å². The average Bonchev–Trinajstić information content (AvgIpc) is 2.49. The zero-order chi connectivity index (χ0) is 15.5. The van der Waals surface area contributed by atoms with E-state index in [2.05, 4.69) is 6.92 Å². The average molecular weight is 288 g/mol. The Balaban J connectivity index is 2.36. The number of allylic oxidation sites excluding steroid dienone is 1. The van der Waals surface area contributed by atoms with Crippen LogP contribution in [0.3, 0.4) is 0 Å². The van der Waals surface area contributed by atoms with Crippen molar-refractivity contribution in [3.8, 4) is 0 Å². The summed E-state index contributed by atoms with van der Waals surface area (Å²) in [5.74, 6) is -1.38. The largest absolute Gasteiger partial charge is 0.478 e. The van der Waals surface area contributed by atoms with Crippen LogP contribution in [0.5, 0.6) is 0 Å². The van der Waals surface area contributed by atoms with E-state index in [1.54, 1.807) is 12.1 Å². The van der Waals surface area contributed by atoms with Crippen LogP contribution < -0.4 is 0 Å². The summed E-state index contributed by atoms with van der Waals surface area (Å²) in [6.07, 6.45) is 10.6. The first-order chi connectivity index (χ1) is 10.1. The smallest absolute Gasteiger partial charge is 0.328 e. The molecule has 114 valence electrons. The quantitative estimate of drug-likeness (QED) is 0.394. The van der Waals surface area contributed by atoms with Crippen LogP contribution in [0.2, 0.25) is 0 Å². The molecule has 3 heteroatoms. The molecule has 3 nitrogen and oxygen atoms in total. The number of carboxylic acid groups (broad SMARTS) is 1. The van der Waals surface area contributed by atoms with Crippen LogP contribution in [0.25, 0.3) is 0 Å². The van der Waals surface area contributed by atoms with Crippen LogP contribution in [-0.4, -0.2) is 16.9 Å². The number of carboxylic acids is 1. The molecular weight excluding hydrogens is 264 g/mol. The Kier molecular flexibility index (Phi) is 8.10. The number of aliphatic carboxylic acids is 1. The van der Waals surface area contributed by atoms with Crippen LogP contribution in [0.1, 0.15) is 61.4 Å². The van der Waals surface area contributed by atoms with Crippen molar-refractivity contribution in [2.75, 3.05) is 0 Å². The summed E-state index contributed by atoms with van der Waals surface area (Å²) in [5.41, 5.74) is 1.75. The number of unbranched alkanes of at least 4 members (excludes halogenated alkanes) is 5. The summed E-state index contributed by atoms with van der Waals surface area (Å²) in [5, 5.41) is 8.49. The van der Waals surface area contributed by atoms with Crippen LogP contribution in [0.15, 0.2) is 36.4 Å². The zero-order valence-electron chi connectivity index (χ0n) is 12.7. The molecule has 0 radical (unpaired) electrons. The van der Waals surface area contributed by atoms with Gasteiger partial charge < -0.3 is 5.11 Å². The second kappa shape index (κ2) is 9.92. The summed E-state index contributed by atoms with van der Waals surface area (Å²) in [7, 11) is 0. The molecule has 0 aliphatic heterocycles. The van der Waals surface area contributed by atoms with Crippen LogP contribution in [0, 0.1) is 0 Å². The first-order valence-corrected chi connectivity index (χ1v) is 7.67. The van der Waals surface area contributed by atoms with E-state index in [0.717, 1.165) is 18.6 Å². The predicted octanol–water partition coefficient (Wildman–Crippen LogP) is 4.41. The van der Waals surface area contributed by atoms with E-state index in [-0.39, 0.29) is 5.78 Å². The highest BCUT2D eigenvalue weighted by Crippen LogP contribution is 2.11. The van der Waals surface area contributed by atoms with Crippen molar-refractivity contribution in [1.82, 2.24) is 0 Å². The van der Waals surface area contributed by atoms with E-state index in [9.17, 15) is 9.59 Å². The number of hydrogen-bond donors (Lipinski definition) is 1. The summed E-state index contributed by atoms with van der Waals surface area (Å²) >= 11 is 0. The summed E-state index contributed by atoms with van der Waals surface area (Å²) < 4.78 is 0. The standard InChI is InChI=1S/C18H24O3/c1-2-3-4-5-6-7-8-15-9-11-16(12-10-15)17(19)13-14-18(20)21/h9-14H,2-8H2,1H3,(H,20,21)/b14-13-. The first-order valence-electron chi connectivity index (χ1n) is 7.67. The number of aryl methyl sites for hydroxylation is 1. The molecule has 0 unspecified atom stereocenters. The van der Waals surface area contributed by atoms with E-state index in [1.807, 2.05) is 12.1 Å². The van der Waals surface area contributed by atoms with Gasteiger partial charge in [0.2, 0.25) is 0 Å². The van der Waals surface area contributed by atoms with Crippen molar-refractivity contribution >= 4 is 11.8 Å². The van der Waals surface area contributed by atoms with Gasteiger partial charge in [-0.3, -0.25) is 4.79 Å². The number of hydrogen-bond acceptors (Lipinski definition) is 2. The first kappa shape index (κ1) is 17.2. The third-order valence-electron chi connectivity index (χ3n) is 3.43. The summed E-state index contributed by atoms with van der Waals surface area (Å²) in [6.45, 7) is 2.22. The fraction of sp³-hybridized carbons (Fsp3) is 0.444. The molecule has 0 heterocycles. The number of benzene rings is 1. The van der Waals surface area contributed by atoms with E-state index in [0.29, 0.717) is 5.56 Å². The molecule has 1 aromatic carbocycles. The lowest BCUT2D eigenvalue weighted by atomic mass is 10.0. The molecule has 0 saturated heterocycles. The predicted molar refractivity (Wildman–Crippen MR) is 84.6 cm³/mol. The zero-order valence-corrected chi connectivity index (χ0v) is 12.7. The Bertz CT molecular complexity index is 472. The molecule has 0 aliphatic rings. The van der Waals surface area contributed by atoms with Gasteiger partial charge in [-0.2, -0.15) is 0 Å². The minimum atomic E-state index is -1.11. The Morgan fingerprint density at radius 2 is 1.57 bits per heavy atom. The summed E-state index contributed by atoms with van der Waals surface area (Å²) in [4.78, 5) is 22.0. The molecule has 1 N–H and O–H groups in total. The van der Waals surface area contributed by atoms with Crippen LogP contribution >= 0.6 is 0 Å². The molecule has 1 aromatic rings. The van der Waals surface area contributed by atoms with Gasteiger partial charge >= 0.3 is 5.97 Å². The minimum absolute atomic E-state index is 0.275. The van der Waals surface area contributed by atoms with Gasteiger partial charge in [0.05, 0.1) is 0 Å². The van der Waals surface area contributed by atoms with Gasteiger partial charge in [0.1, 0.15) is 0 Å². The van der Waals surface area contributed by atoms with E-state index >= 15 is 0 Å². The number of carbonyl (C=O) groups is 2. The fourth-order valence-corrected chi connectivity index (χ4v) is 2.19. The monoisotopic (exact) mass is 288 g/mol. The molecule has 0 fully saturated rings. The minimum Gasteiger partial charge on any atom is -0.478 e. The van der Waals surface area contributed by atoms with Gasteiger partial charge in [-0.25, -0.2) is 4.79 Å². The number of carbonyl (C=O) groups excluding carboxylic acids is 1. The highest BCUT2D eigenvalue weighted by molar-refractivity contribution is 6.06. The fourth-order valence-electron chi connectivity index (χ4n) is 2.19. The molecule has 0 aromatic heterocycles. The lowest BCUT2D eigenvalue weighted by Crippen LogP contribution is -1.97. The molecule has 0 bridgehead atoms. The second-order valence-corrected chi connectivity index (χ2v) is 5.25. The van der Waals surface area contributed by atoms with Crippen molar-refractivity contribution < 1.29 is 14.7 Å². The highest BCUT2D eigenvalue weighted by atomic mass is 16.4. The van der Waals surface area contributed by atoms with Crippen LogP contribution in [0.4, 0.5) is 0 Å². The van der Waals surface area contributed by atoms with Gasteiger partial charge in [-0.05, 0) is 24.5 Å². The lowest BCUT2D eigenvalue weighted by molar-refractivity contribution is -0.131. The molecule has 0 spiro atoms. The van der Waals surface area contributed by atoms with Gasteiger partial charge in [0, 0.05) is 11.6 Å². The molecule has 21 heavy (non-hydrogen) atoms. The SMILES string of the molecule is CCCCCCCCc1ccc(C(=O)/C=C\C(=O)O)cc1. The molecule has 0 aliphatic carbocycles. The highest BCUT2D eigenvalue weighted by Gasteiger charge is 2.02. The third kappa shape index (κ3) is 7.45. The Labute approximate surface area is 126 Å². The van der Waals surface area contributed by atoms with E-state index < -0.39 is 5.97 Å². The van der Waals surface area contributed by atoms with Crippen molar-refractivity contribution in [2.24, 2.45) is 0 Å². The van der Waals surface area contributed by atoms with E-state index in [4.69, 9.17) is 5.11 Å². The molecule has 0 amide bonds. The number of ketones is 1. The van der Waals surface area contributed by atoms with Crippen molar-refractivity contribution in [2.45, 2.75) is 51.9 Å². The van der Waals surface area contributed by atoms with Crippen molar-refractivity contribution in [3.63, 3.8) is 0 Å². The normalized spacial score (nSPS) is 10.9. The van der Waals surface area contributed by atoms with Gasteiger partial charge in [-0.1, -0.05) is 63.3 Å². The topological polar surface area (TPSA) is 54.4 Å². The van der Waals surface area contributed by atoms with Crippen LogP contribution in [-0.2, 0) is 11.2 Å². The lowest BCUT2D eigenvalue weighted by Gasteiger charge is -2.03. The third-order valence-corrected chi connectivity index (χ3v) is 3.43. The number of rotatable bonds is 10. The van der Waals surface area contributed by atoms with E-state index in [1.165, 1.54) is 44.1 Å². The second-order valence-electron chi connectivity index (χ2n) is 5.25. The molecule has 0 atom stereocenters. The maximum absolute atomic E-state index is 11.7. The van der Waals surface area contributed by atoms with Crippen molar-refractivity contribution in [3.05, 3.63) is 47.5 Å². The Morgan fingerprint density at radius 3 is 2.19 bits per heavy atom. The maximum Gasteiger partial charge on any atom is 0.328 e. The van der Waals surface area contributed by atoms with Crippen molar-refractivity contribution in [1.29, 1.82) is 0 Å². The molecule has 1 rings (SSSR count). The van der Waals surface area contributed by atoms with Gasteiger partial charge in [-0.15, -0.1) is 0 Å². The van der Waals surface area contributed by atoms with Gasteiger partial charge in [0.15, 0.2) is 5.78 Å².